The van der Waals surface area contributed by atoms with E-state index in [0.29, 0.717) is 22.8 Å². The summed E-state index contributed by atoms with van der Waals surface area (Å²) in [7, 11) is 1.39. The maximum Gasteiger partial charge on any atom is 0.339 e. The second-order valence-corrected chi connectivity index (χ2v) is 11.3. The highest BCUT2D eigenvalue weighted by atomic mass is 19.1. The Morgan fingerprint density at radius 3 is 2.38 bits per heavy atom. The number of pyridine rings is 1. The number of carbonyl (C=O) groups excluding carboxylic acids is 1. The van der Waals surface area contributed by atoms with Crippen molar-refractivity contribution in [3.63, 3.8) is 0 Å². The number of aromatic nitrogens is 2. The SMILES string of the molecule is COC(=O)c1cnc(N2[C@@H]3CC[C@H]2C[C@H](OCc2c(-c4c(F)cccc4F)noc2C2CC2)C3)c(C2CC2)c1. The van der Waals surface area contributed by atoms with Gasteiger partial charge in [-0.2, -0.15) is 0 Å². The van der Waals surface area contributed by atoms with Crippen LogP contribution in [0.15, 0.2) is 35.0 Å². The van der Waals surface area contributed by atoms with Gasteiger partial charge in [0.05, 0.1) is 30.9 Å². The number of rotatable bonds is 8. The van der Waals surface area contributed by atoms with Crippen LogP contribution in [0.1, 0.15) is 90.4 Å². The maximum absolute atomic E-state index is 14.6. The van der Waals surface area contributed by atoms with Crippen LogP contribution in [0.25, 0.3) is 11.3 Å². The topological polar surface area (TPSA) is 77.7 Å². The summed E-state index contributed by atoms with van der Waals surface area (Å²) in [6.45, 7) is 0.210. The first-order valence-electron chi connectivity index (χ1n) is 13.9. The maximum atomic E-state index is 14.6. The van der Waals surface area contributed by atoms with E-state index < -0.39 is 11.6 Å². The van der Waals surface area contributed by atoms with E-state index >= 15 is 0 Å². The molecule has 2 bridgehead atoms. The number of hydrogen-bond donors (Lipinski definition) is 0. The van der Waals surface area contributed by atoms with Crippen molar-refractivity contribution in [3.8, 4) is 11.3 Å². The minimum absolute atomic E-state index is 0.0118. The Bertz CT molecular complexity index is 1380. The first-order chi connectivity index (χ1) is 19.0. The molecule has 0 N–H and O–H groups in total. The Balaban J connectivity index is 1.11. The lowest BCUT2D eigenvalue weighted by atomic mass is 9.97. The number of esters is 1. The number of anilines is 1. The second-order valence-electron chi connectivity index (χ2n) is 11.3. The van der Waals surface area contributed by atoms with Crippen LogP contribution in [0.4, 0.5) is 14.6 Å². The summed E-state index contributed by atoms with van der Waals surface area (Å²) in [5, 5.41) is 4.10. The van der Waals surface area contributed by atoms with Crippen molar-refractivity contribution in [2.75, 3.05) is 12.0 Å². The van der Waals surface area contributed by atoms with Crippen molar-refractivity contribution < 1.29 is 27.6 Å². The minimum Gasteiger partial charge on any atom is -0.465 e. The van der Waals surface area contributed by atoms with Crippen LogP contribution in [0.5, 0.6) is 0 Å². The summed E-state index contributed by atoms with van der Waals surface area (Å²) in [5.74, 6) is 0.682. The normalized spacial score (nSPS) is 24.3. The molecule has 1 aromatic carbocycles. The quantitative estimate of drug-likeness (QED) is 0.315. The number of carbonyl (C=O) groups is 1. The molecular formula is C30H31F2N3O4. The summed E-state index contributed by atoms with van der Waals surface area (Å²) in [4.78, 5) is 19.4. The molecular weight excluding hydrogens is 504 g/mol. The molecule has 2 aliphatic carbocycles. The third-order valence-electron chi connectivity index (χ3n) is 8.70. The lowest BCUT2D eigenvalue weighted by Gasteiger charge is -2.40. The van der Waals surface area contributed by atoms with Crippen molar-refractivity contribution in [1.82, 2.24) is 10.1 Å². The van der Waals surface area contributed by atoms with Crippen LogP contribution in [0, 0.1) is 11.6 Å². The minimum atomic E-state index is -0.657. The van der Waals surface area contributed by atoms with Crippen molar-refractivity contribution in [2.45, 2.75) is 88.0 Å². The number of fused-ring (bicyclic) bond motifs is 2. The van der Waals surface area contributed by atoms with Crippen molar-refractivity contribution in [2.24, 2.45) is 0 Å². The summed E-state index contributed by atoms with van der Waals surface area (Å²) < 4.78 is 46.3. The van der Waals surface area contributed by atoms with Gasteiger partial charge in [0.2, 0.25) is 0 Å². The van der Waals surface area contributed by atoms with Crippen molar-refractivity contribution in [3.05, 3.63) is 64.5 Å². The zero-order valence-corrected chi connectivity index (χ0v) is 21.9. The van der Waals surface area contributed by atoms with Gasteiger partial charge in [0, 0.05) is 29.8 Å². The van der Waals surface area contributed by atoms with E-state index in [9.17, 15) is 13.6 Å². The van der Waals surface area contributed by atoms with Crippen LogP contribution >= 0.6 is 0 Å². The molecule has 3 atom stereocenters. The van der Waals surface area contributed by atoms with E-state index in [1.165, 1.54) is 25.3 Å². The first-order valence-corrected chi connectivity index (χ1v) is 13.9. The number of hydrogen-bond acceptors (Lipinski definition) is 7. The van der Waals surface area contributed by atoms with Crippen LogP contribution < -0.4 is 4.90 Å². The number of ether oxygens (including phenoxy) is 2. The molecule has 2 aliphatic heterocycles. The van der Waals surface area contributed by atoms with E-state index in [1.54, 1.807) is 6.20 Å². The van der Waals surface area contributed by atoms with E-state index in [-0.39, 0.29) is 47.9 Å². The van der Waals surface area contributed by atoms with Crippen LogP contribution in [-0.4, -0.2) is 41.4 Å². The van der Waals surface area contributed by atoms with Crippen LogP contribution in [0.3, 0.4) is 0 Å². The van der Waals surface area contributed by atoms with Gasteiger partial charge in [-0.05, 0) is 81.0 Å². The Labute approximate surface area is 225 Å². The fourth-order valence-electron chi connectivity index (χ4n) is 6.47. The molecule has 4 aliphatic rings. The highest BCUT2D eigenvalue weighted by Crippen LogP contribution is 2.49. The molecule has 2 saturated carbocycles. The van der Waals surface area contributed by atoms with E-state index in [2.05, 4.69) is 10.1 Å². The third kappa shape index (κ3) is 4.50. The van der Waals surface area contributed by atoms with Gasteiger partial charge in [-0.25, -0.2) is 18.6 Å². The fraction of sp³-hybridized carbons (Fsp3) is 0.500. The molecule has 204 valence electrons. The molecule has 3 aromatic rings. The van der Waals surface area contributed by atoms with Crippen LogP contribution in [0.2, 0.25) is 0 Å². The molecule has 9 heteroatoms. The molecule has 39 heavy (non-hydrogen) atoms. The van der Waals surface area contributed by atoms with Gasteiger partial charge in [0.1, 0.15) is 28.9 Å². The van der Waals surface area contributed by atoms with Gasteiger partial charge in [0.15, 0.2) is 0 Å². The molecule has 4 fully saturated rings. The highest BCUT2D eigenvalue weighted by Gasteiger charge is 2.44. The van der Waals surface area contributed by atoms with E-state index in [0.717, 1.165) is 62.7 Å². The zero-order chi connectivity index (χ0) is 26.7. The van der Waals surface area contributed by atoms with Gasteiger partial charge < -0.3 is 18.9 Å². The summed E-state index contributed by atoms with van der Waals surface area (Å²) in [6.07, 6.45) is 9.62. The summed E-state index contributed by atoms with van der Waals surface area (Å²) in [6, 6.07) is 6.37. The predicted molar refractivity (Wildman–Crippen MR) is 138 cm³/mol. The largest absolute Gasteiger partial charge is 0.465 e. The summed E-state index contributed by atoms with van der Waals surface area (Å²) >= 11 is 0. The second kappa shape index (κ2) is 9.70. The fourth-order valence-corrected chi connectivity index (χ4v) is 6.47. The van der Waals surface area contributed by atoms with Gasteiger partial charge in [-0.1, -0.05) is 11.2 Å². The molecule has 7 rings (SSSR count). The van der Waals surface area contributed by atoms with Crippen molar-refractivity contribution in [1.29, 1.82) is 0 Å². The molecule has 0 radical (unpaired) electrons. The molecule has 2 saturated heterocycles. The number of methoxy groups -OCH3 is 1. The van der Waals surface area contributed by atoms with E-state index in [1.807, 2.05) is 6.07 Å². The lowest BCUT2D eigenvalue weighted by molar-refractivity contribution is 0.0145. The van der Waals surface area contributed by atoms with Gasteiger partial charge in [0.25, 0.3) is 0 Å². The lowest BCUT2D eigenvalue weighted by Crippen LogP contribution is -2.46. The zero-order valence-electron chi connectivity index (χ0n) is 21.9. The predicted octanol–water partition coefficient (Wildman–Crippen LogP) is 6.27. The number of halogens is 2. The third-order valence-corrected chi connectivity index (χ3v) is 8.70. The van der Waals surface area contributed by atoms with Gasteiger partial charge in [-0.15, -0.1) is 0 Å². The highest BCUT2D eigenvalue weighted by molar-refractivity contribution is 5.89. The molecule has 4 heterocycles. The molecule has 0 unspecified atom stereocenters. The molecule has 0 amide bonds. The monoisotopic (exact) mass is 535 g/mol. The number of nitrogens with zero attached hydrogens (tertiary/aromatic N) is 3. The molecule has 2 aromatic heterocycles. The van der Waals surface area contributed by atoms with Crippen LogP contribution in [-0.2, 0) is 16.1 Å². The Kier molecular flexibility index (Phi) is 6.14. The molecule has 7 nitrogen and oxygen atoms in total. The van der Waals surface area contributed by atoms with E-state index in [4.69, 9.17) is 19.0 Å². The van der Waals surface area contributed by atoms with Crippen molar-refractivity contribution >= 4 is 11.8 Å². The smallest absolute Gasteiger partial charge is 0.339 e. The average molecular weight is 536 g/mol. The summed E-state index contributed by atoms with van der Waals surface area (Å²) in [5.41, 5.74) is 2.35. The Morgan fingerprint density at radius 2 is 1.74 bits per heavy atom. The Hall–Kier alpha value is -3.33. The number of benzene rings is 1. The standard InChI is InChI=1S/C30H31F2N3O4/c1-37-30(36)18-11-22(16-5-6-16)29(33-14-18)35-19-9-10-20(35)13-21(12-19)38-15-23-27(34-39-28(23)17-7-8-17)26-24(31)3-2-4-25(26)32/h2-4,11,14,16-17,19-21H,5-10,12-13,15H2,1H3/t19-,20+,21-. The first kappa shape index (κ1) is 24.7. The Morgan fingerprint density at radius 1 is 1.05 bits per heavy atom. The van der Waals surface area contributed by atoms with Gasteiger partial charge in [-0.3, -0.25) is 0 Å². The van der Waals surface area contributed by atoms with Gasteiger partial charge >= 0.3 is 5.97 Å². The average Bonchev–Trinajstić information content (AvgIpc) is 3.87. The number of piperidine rings is 1. The molecule has 0 spiro atoms.